The molecule has 2 aromatic rings. The first-order valence-electron chi connectivity index (χ1n) is 7.69. The summed E-state index contributed by atoms with van der Waals surface area (Å²) in [5.74, 6) is 0.122. The zero-order chi connectivity index (χ0) is 20.0. The Morgan fingerprint density at radius 1 is 0.778 bits per heavy atom. The molecule has 0 aliphatic rings. The van der Waals surface area contributed by atoms with E-state index in [0.717, 1.165) is 0 Å². The summed E-state index contributed by atoms with van der Waals surface area (Å²) in [5.41, 5.74) is 5.00. The number of benzene rings is 2. The Morgan fingerprint density at radius 2 is 1.33 bits per heavy atom. The molecule has 0 aliphatic carbocycles. The van der Waals surface area contributed by atoms with Crippen molar-refractivity contribution in [2.45, 2.75) is 0 Å². The van der Waals surface area contributed by atoms with Crippen molar-refractivity contribution in [3.05, 3.63) is 46.5 Å². The Hall–Kier alpha value is -3.13. The van der Waals surface area contributed by atoms with Crippen LogP contribution in [-0.2, 0) is 0 Å². The normalized spacial score (nSPS) is 9.96. The van der Waals surface area contributed by atoms with Crippen LogP contribution in [0, 0.1) is 0 Å². The monoisotopic (exact) mass is 394 g/mol. The maximum absolute atomic E-state index is 12.4. The fourth-order valence-corrected chi connectivity index (χ4v) is 2.49. The highest BCUT2D eigenvalue weighted by Crippen LogP contribution is 2.38. The quantitative estimate of drug-likeness (QED) is 0.731. The van der Waals surface area contributed by atoms with Gasteiger partial charge in [0.2, 0.25) is 5.75 Å². The van der Waals surface area contributed by atoms with Gasteiger partial charge in [-0.1, -0.05) is 11.6 Å². The molecule has 0 unspecified atom stereocenters. The zero-order valence-corrected chi connectivity index (χ0v) is 16.0. The molecule has 27 heavy (non-hydrogen) atoms. The number of methoxy groups -OCH3 is 4. The molecule has 2 N–H and O–H groups in total. The van der Waals surface area contributed by atoms with Gasteiger partial charge in [-0.25, -0.2) is 0 Å². The third-order valence-corrected chi connectivity index (χ3v) is 3.86. The summed E-state index contributed by atoms with van der Waals surface area (Å²) >= 11 is 5.91. The minimum Gasteiger partial charge on any atom is -0.496 e. The van der Waals surface area contributed by atoms with E-state index in [4.69, 9.17) is 30.5 Å². The third kappa shape index (κ3) is 4.53. The molecule has 2 aromatic carbocycles. The van der Waals surface area contributed by atoms with Gasteiger partial charge in [0, 0.05) is 10.6 Å². The summed E-state index contributed by atoms with van der Waals surface area (Å²) in [6, 6.07) is 7.50. The van der Waals surface area contributed by atoms with Crippen molar-refractivity contribution in [3.63, 3.8) is 0 Å². The van der Waals surface area contributed by atoms with Crippen LogP contribution in [0.1, 0.15) is 20.7 Å². The number of ether oxygens (including phenoxy) is 4. The van der Waals surface area contributed by atoms with E-state index in [2.05, 4.69) is 10.9 Å². The molecule has 8 nitrogen and oxygen atoms in total. The van der Waals surface area contributed by atoms with Crippen molar-refractivity contribution < 1.29 is 28.5 Å². The molecule has 0 spiro atoms. The Balaban J connectivity index is 2.18. The average molecular weight is 395 g/mol. The molecule has 0 bridgehead atoms. The molecule has 9 heteroatoms. The van der Waals surface area contributed by atoms with Crippen molar-refractivity contribution in [3.8, 4) is 23.0 Å². The smallest absolute Gasteiger partial charge is 0.273 e. The van der Waals surface area contributed by atoms with E-state index >= 15 is 0 Å². The van der Waals surface area contributed by atoms with Gasteiger partial charge in [0.1, 0.15) is 5.75 Å². The highest BCUT2D eigenvalue weighted by molar-refractivity contribution is 6.31. The Morgan fingerprint density at radius 3 is 1.85 bits per heavy atom. The number of amides is 2. The van der Waals surface area contributed by atoms with Gasteiger partial charge in [0.15, 0.2) is 11.5 Å². The molecule has 144 valence electrons. The highest BCUT2D eigenvalue weighted by atomic mass is 35.5. The minimum atomic E-state index is -0.588. The fraction of sp³-hybridized carbons (Fsp3) is 0.222. The van der Waals surface area contributed by atoms with Crippen LogP contribution in [0.4, 0.5) is 0 Å². The number of carbonyl (C=O) groups excluding carboxylic acids is 2. The van der Waals surface area contributed by atoms with E-state index in [1.54, 1.807) is 12.1 Å². The molecular formula is C18H19ClN2O6. The number of hydrogen-bond donors (Lipinski definition) is 2. The number of halogens is 1. The van der Waals surface area contributed by atoms with E-state index in [1.165, 1.54) is 46.6 Å². The SMILES string of the molecule is COc1ccc(Cl)cc1C(=O)NNC(=O)c1cc(OC)c(OC)c(OC)c1. The molecule has 0 saturated heterocycles. The van der Waals surface area contributed by atoms with Gasteiger partial charge in [0.05, 0.1) is 34.0 Å². The molecule has 0 atom stereocenters. The van der Waals surface area contributed by atoms with Gasteiger partial charge < -0.3 is 18.9 Å². The third-order valence-electron chi connectivity index (χ3n) is 3.62. The topological polar surface area (TPSA) is 95.1 Å². The van der Waals surface area contributed by atoms with Gasteiger partial charge in [-0.05, 0) is 30.3 Å². The first-order valence-corrected chi connectivity index (χ1v) is 8.07. The Kier molecular flexibility index (Phi) is 6.73. The average Bonchev–Trinajstić information content (AvgIpc) is 2.70. The van der Waals surface area contributed by atoms with Crippen LogP contribution < -0.4 is 29.8 Å². The lowest BCUT2D eigenvalue weighted by Crippen LogP contribution is -2.41. The maximum atomic E-state index is 12.4. The first kappa shape index (κ1) is 20.2. The summed E-state index contributed by atoms with van der Waals surface area (Å²) in [6.07, 6.45) is 0. The molecular weight excluding hydrogens is 376 g/mol. The number of rotatable bonds is 6. The zero-order valence-electron chi connectivity index (χ0n) is 15.2. The lowest BCUT2D eigenvalue weighted by atomic mass is 10.1. The van der Waals surface area contributed by atoms with Gasteiger partial charge >= 0.3 is 0 Å². The Labute approximate surface area is 161 Å². The van der Waals surface area contributed by atoms with E-state index in [1.807, 2.05) is 0 Å². The number of hydrazine groups is 1. The Bertz CT molecular complexity index is 831. The van der Waals surface area contributed by atoms with Crippen LogP contribution in [0.15, 0.2) is 30.3 Å². The van der Waals surface area contributed by atoms with Crippen LogP contribution in [0.2, 0.25) is 5.02 Å². The fourth-order valence-electron chi connectivity index (χ4n) is 2.32. The second kappa shape index (κ2) is 9.00. The summed E-state index contributed by atoms with van der Waals surface area (Å²) in [7, 11) is 5.76. The van der Waals surface area contributed by atoms with Gasteiger partial charge in [-0.3, -0.25) is 20.4 Å². The van der Waals surface area contributed by atoms with Gasteiger partial charge in [-0.15, -0.1) is 0 Å². The molecule has 0 fully saturated rings. The highest BCUT2D eigenvalue weighted by Gasteiger charge is 2.18. The molecule has 2 rings (SSSR count). The molecule has 0 aliphatic heterocycles. The summed E-state index contributed by atoms with van der Waals surface area (Å²) in [6.45, 7) is 0. The van der Waals surface area contributed by atoms with Crippen LogP contribution in [-0.4, -0.2) is 40.3 Å². The second-order valence-electron chi connectivity index (χ2n) is 5.17. The van der Waals surface area contributed by atoms with Crippen LogP contribution in [0.5, 0.6) is 23.0 Å². The van der Waals surface area contributed by atoms with Crippen molar-refractivity contribution in [1.82, 2.24) is 10.9 Å². The van der Waals surface area contributed by atoms with Crippen molar-refractivity contribution >= 4 is 23.4 Å². The predicted octanol–water partition coefficient (Wildman–Crippen LogP) is 2.45. The van der Waals surface area contributed by atoms with Crippen molar-refractivity contribution in [2.24, 2.45) is 0 Å². The minimum absolute atomic E-state index is 0.176. The second-order valence-corrected chi connectivity index (χ2v) is 5.60. The maximum Gasteiger partial charge on any atom is 0.273 e. The first-order chi connectivity index (χ1) is 12.9. The predicted molar refractivity (Wildman–Crippen MR) is 99.0 cm³/mol. The number of nitrogens with one attached hydrogen (secondary N) is 2. The molecule has 0 saturated carbocycles. The van der Waals surface area contributed by atoms with E-state index in [0.29, 0.717) is 28.0 Å². The van der Waals surface area contributed by atoms with Crippen LogP contribution >= 0.6 is 11.6 Å². The lowest BCUT2D eigenvalue weighted by molar-refractivity contribution is 0.0844. The molecule has 0 radical (unpaired) electrons. The lowest BCUT2D eigenvalue weighted by Gasteiger charge is -2.14. The summed E-state index contributed by atoms with van der Waals surface area (Å²) in [4.78, 5) is 24.7. The number of hydrogen-bond acceptors (Lipinski definition) is 6. The van der Waals surface area contributed by atoms with E-state index in [-0.39, 0.29) is 11.1 Å². The van der Waals surface area contributed by atoms with Crippen LogP contribution in [0.3, 0.4) is 0 Å². The van der Waals surface area contributed by atoms with Crippen molar-refractivity contribution in [1.29, 1.82) is 0 Å². The molecule has 2 amide bonds. The van der Waals surface area contributed by atoms with Gasteiger partial charge in [0.25, 0.3) is 11.8 Å². The summed E-state index contributed by atoms with van der Waals surface area (Å²) in [5, 5.41) is 0.358. The standard InChI is InChI=1S/C18H19ClN2O6/c1-24-13-6-5-11(19)9-12(13)18(23)21-20-17(22)10-7-14(25-2)16(27-4)15(8-10)26-3/h5-9H,1-4H3,(H,20,22)(H,21,23). The summed E-state index contributed by atoms with van der Waals surface area (Å²) < 4.78 is 20.7. The molecule has 0 aromatic heterocycles. The van der Waals surface area contributed by atoms with Gasteiger partial charge in [-0.2, -0.15) is 0 Å². The molecule has 0 heterocycles. The van der Waals surface area contributed by atoms with E-state index in [9.17, 15) is 9.59 Å². The number of carbonyl (C=O) groups is 2. The van der Waals surface area contributed by atoms with Crippen LogP contribution in [0.25, 0.3) is 0 Å². The van der Waals surface area contributed by atoms with E-state index < -0.39 is 11.8 Å². The van der Waals surface area contributed by atoms with Crippen molar-refractivity contribution in [2.75, 3.05) is 28.4 Å². The largest absolute Gasteiger partial charge is 0.496 e.